The zero-order chi connectivity index (χ0) is 22.5. The molecule has 1 aliphatic carbocycles. The lowest BCUT2D eigenvalue weighted by Crippen LogP contribution is -2.31. The molecule has 0 bridgehead atoms. The number of anilines is 1. The van der Waals surface area contributed by atoms with Gasteiger partial charge >= 0.3 is 5.97 Å². The van der Waals surface area contributed by atoms with Crippen molar-refractivity contribution in [1.29, 1.82) is 0 Å². The van der Waals surface area contributed by atoms with Gasteiger partial charge in [-0.15, -0.1) is 0 Å². The molecule has 31 heavy (non-hydrogen) atoms. The van der Waals surface area contributed by atoms with Crippen LogP contribution in [0.4, 0.5) is 5.69 Å². The third-order valence-corrected chi connectivity index (χ3v) is 7.55. The number of rotatable bonds is 13. The minimum Gasteiger partial charge on any atom is -0.469 e. The van der Waals surface area contributed by atoms with Crippen LogP contribution in [0.2, 0.25) is 0 Å². The number of nitrogens with two attached hydrogens (primary N) is 1. The molecule has 0 heterocycles. The number of hydrogen-bond donors (Lipinski definition) is 1. The Kier molecular flexibility index (Phi) is 11.1. The zero-order valence-electron chi connectivity index (χ0n) is 18.8. The summed E-state index contributed by atoms with van der Waals surface area (Å²) >= 11 is 0. The van der Waals surface area contributed by atoms with E-state index in [4.69, 9.17) is 5.73 Å². The summed E-state index contributed by atoms with van der Waals surface area (Å²) < 4.78 is 32.3. The number of carbonyl (C=O) groups excluding carboxylic acids is 1. The summed E-state index contributed by atoms with van der Waals surface area (Å²) in [6, 6.07) is 7.13. The lowest BCUT2D eigenvalue weighted by Gasteiger charge is -2.24. The Balaban J connectivity index is 1.92. The monoisotopic (exact) mass is 450 g/mol. The lowest BCUT2D eigenvalue weighted by molar-refractivity contribution is -0.140. The number of esters is 1. The summed E-state index contributed by atoms with van der Waals surface area (Å²) in [5.41, 5.74) is 7.15. The van der Waals surface area contributed by atoms with Crippen LogP contribution in [0.25, 0.3) is 6.08 Å². The molecule has 0 aromatic heterocycles. The van der Waals surface area contributed by atoms with Crippen LogP contribution in [-0.2, 0) is 19.6 Å². The van der Waals surface area contributed by atoms with Crippen LogP contribution in [0.1, 0.15) is 76.2 Å². The number of nitrogens with zero attached hydrogens (tertiary/aromatic N) is 1. The molecule has 1 aromatic carbocycles. The summed E-state index contributed by atoms with van der Waals surface area (Å²) in [4.78, 5) is 11.3. The number of benzene rings is 1. The van der Waals surface area contributed by atoms with Gasteiger partial charge in [0.1, 0.15) is 0 Å². The van der Waals surface area contributed by atoms with Crippen LogP contribution in [0.5, 0.6) is 0 Å². The molecule has 1 saturated carbocycles. The van der Waals surface area contributed by atoms with Gasteiger partial charge in [-0.3, -0.25) is 4.79 Å². The Morgan fingerprint density at radius 3 is 2.42 bits per heavy atom. The maximum absolute atomic E-state index is 13.0. The molecule has 1 fully saturated rings. The molecule has 7 heteroatoms. The van der Waals surface area contributed by atoms with Gasteiger partial charge in [0, 0.05) is 30.6 Å². The van der Waals surface area contributed by atoms with Crippen molar-refractivity contribution < 1.29 is 17.9 Å². The molecule has 0 saturated heterocycles. The molecule has 0 radical (unpaired) electrons. The van der Waals surface area contributed by atoms with E-state index in [1.165, 1.54) is 44.6 Å². The van der Waals surface area contributed by atoms with Gasteiger partial charge in [-0.25, -0.2) is 8.42 Å². The standard InChI is InChI=1S/C24H38N2O4S/c1-30-24(27)12-6-3-7-18-26(19-8-11-21-9-4-2-5-10-21)31(28,29)20-17-22-13-15-23(25)16-14-22/h13-17,20-21H,2-12,18-19,25H2,1H3/b20-17+. The molecule has 0 unspecified atom stereocenters. The van der Waals surface area contributed by atoms with E-state index in [2.05, 4.69) is 4.74 Å². The van der Waals surface area contributed by atoms with Gasteiger partial charge in [-0.1, -0.05) is 50.7 Å². The maximum Gasteiger partial charge on any atom is 0.305 e. The summed E-state index contributed by atoms with van der Waals surface area (Å²) in [6.45, 7) is 1.02. The Morgan fingerprint density at radius 2 is 1.74 bits per heavy atom. The van der Waals surface area contributed by atoms with Crippen LogP contribution in [0.15, 0.2) is 29.7 Å². The van der Waals surface area contributed by atoms with Crippen molar-refractivity contribution in [3.63, 3.8) is 0 Å². The number of nitrogen functional groups attached to an aromatic ring is 1. The number of methoxy groups -OCH3 is 1. The van der Waals surface area contributed by atoms with Crippen LogP contribution in [-0.4, -0.2) is 38.9 Å². The van der Waals surface area contributed by atoms with Crippen molar-refractivity contribution >= 4 is 27.8 Å². The summed E-state index contributed by atoms with van der Waals surface area (Å²) in [7, 11) is -2.13. The molecule has 0 spiro atoms. The number of carbonyl (C=O) groups is 1. The third kappa shape index (κ3) is 9.87. The largest absolute Gasteiger partial charge is 0.469 e. The van der Waals surface area contributed by atoms with Crippen LogP contribution in [0, 0.1) is 5.92 Å². The van der Waals surface area contributed by atoms with Gasteiger partial charge in [0.2, 0.25) is 10.0 Å². The molecule has 1 aromatic rings. The van der Waals surface area contributed by atoms with Crippen molar-refractivity contribution in [2.45, 2.75) is 70.6 Å². The van der Waals surface area contributed by atoms with Crippen molar-refractivity contribution in [2.24, 2.45) is 5.92 Å². The van der Waals surface area contributed by atoms with Gasteiger partial charge in [0.15, 0.2) is 0 Å². The normalized spacial score (nSPS) is 15.5. The van der Waals surface area contributed by atoms with Gasteiger partial charge in [-0.2, -0.15) is 4.31 Å². The zero-order valence-corrected chi connectivity index (χ0v) is 19.6. The van der Waals surface area contributed by atoms with Gasteiger partial charge < -0.3 is 10.5 Å². The predicted octanol–water partition coefficient (Wildman–Crippen LogP) is 4.97. The lowest BCUT2D eigenvalue weighted by atomic mass is 9.86. The van der Waals surface area contributed by atoms with Gasteiger partial charge in [0.25, 0.3) is 0 Å². The first-order valence-electron chi connectivity index (χ1n) is 11.5. The molecule has 0 aliphatic heterocycles. The second kappa shape index (κ2) is 13.5. The predicted molar refractivity (Wildman–Crippen MR) is 127 cm³/mol. The fourth-order valence-corrected chi connectivity index (χ4v) is 5.36. The average Bonchev–Trinajstić information content (AvgIpc) is 2.77. The second-order valence-corrected chi connectivity index (χ2v) is 10.3. The molecule has 2 N–H and O–H groups in total. The topological polar surface area (TPSA) is 89.7 Å². The molecule has 0 amide bonds. The van der Waals surface area contributed by atoms with E-state index < -0.39 is 10.0 Å². The van der Waals surface area contributed by atoms with E-state index in [-0.39, 0.29) is 5.97 Å². The van der Waals surface area contributed by atoms with Crippen molar-refractivity contribution in [3.05, 3.63) is 35.2 Å². The van der Waals surface area contributed by atoms with Gasteiger partial charge in [0.05, 0.1) is 7.11 Å². The van der Waals surface area contributed by atoms with Crippen molar-refractivity contribution in [3.8, 4) is 0 Å². The molecule has 6 nitrogen and oxygen atoms in total. The molecule has 2 rings (SSSR count). The Labute approximate surface area is 187 Å². The van der Waals surface area contributed by atoms with Crippen LogP contribution >= 0.6 is 0 Å². The van der Waals surface area contributed by atoms with E-state index in [1.54, 1.807) is 22.5 Å². The Bertz CT molecular complexity index is 784. The third-order valence-electron chi connectivity index (χ3n) is 5.99. The molecular weight excluding hydrogens is 412 g/mol. The van der Waals surface area contributed by atoms with E-state index in [0.717, 1.165) is 37.2 Å². The van der Waals surface area contributed by atoms with Crippen molar-refractivity contribution in [2.75, 3.05) is 25.9 Å². The molecule has 174 valence electrons. The summed E-state index contributed by atoms with van der Waals surface area (Å²) in [5.74, 6) is 0.520. The molecular formula is C24H38N2O4S. The van der Waals surface area contributed by atoms with E-state index in [9.17, 15) is 13.2 Å². The first kappa shape index (κ1) is 25.4. The highest BCUT2D eigenvalue weighted by molar-refractivity contribution is 7.92. The number of sulfonamides is 1. The Hall–Kier alpha value is -1.86. The number of hydrogen-bond acceptors (Lipinski definition) is 5. The fraction of sp³-hybridized carbons (Fsp3) is 0.625. The van der Waals surface area contributed by atoms with E-state index in [0.29, 0.717) is 31.6 Å². The highest BCUT2D eigenvalue weighted by atomic mass is 32.2. The number of unbranched alkanes of at least 4 members (excludes halogenated alkanes) is 2. The SMILES string of the molecule is COC(=O)CCCCCN(CCCC1CCCCC1)S(=O)(=O)/C=C/c1ccc(N)cc1. The van der Waals surface area contributed by atoms with E-state index >= 15 is 0 Å². The minimum absolute atomic E-state index is 0.219. The smallest absolute Gasteiger partial charge is 0.305 e. The molecule has 1 aliphatic rings. The highest BCUT2D eigenvalue weighted by Gasteiger charge is 2.20. The minimum atomic E-state index is -3.51. The average molecular weight is 451 g/mol. The van der Waals surface area contributed by atoms with Crippen LogP contribution < -0.4 is 5.73 Å². The summed E-state index contributed by atoms with van der Waals surface area (Å²) in [5, 5.41) is 1.30. The first-order chi connectivity index (χ1) is 14.9. The van der Waals surface area contributed by atoms with Crippen molar-refractivity contribution in [1.82, 2.24) is 4.31 Å². The van der Waals surface area contributed by atoms with Crippen LogP contribution in [0.3, 0.4) is 0 Å². The fourth-order valence-electron chi connectivity index (χ4n) is 4.09. The first-order valence-corrected chi connectivity index (χ1v) is 13.0. The molecule has 0 atom stereocenters. The van der Waals surface area contributed by atoms with Gasteiger partial charge in [-0.05, 0) is 55.4 Å². The Morgan fingerprint density at radius 1 is 1.06 bits per heavy atom. The number of ether oxygens (including phenoxy) is 1. The maximum atomic E-state index is 13.0. The quantitative estimate of drug-likeness (QED) is 0.260. The second-order valence-electron chi connectivity index (χ2n) is 8.45. The van der Waals surface area contributed by atoms with E-state index in [1.807, 2.05) is 12.1 Å². The summed E-state index contributed by atoms with van der Waals surface area (Å²) in [6.07, 6.45) is 12.7. The highest BCUT2D eigenvalue weighted by Crippen LogP contribution is 2.27.